The lowest BCUT2D eigenvalue weighted by molar-refractivity contribution is -0.117. The number of nitrogens with zero attached hydrogens (tertiary/aromatic N) is 3. The van der Waals surface area contributed by atoms with Crippen LogP contribution >= 0.6 is 11.6 Å². The Bertz CT molecular complexity index is 1000. The van der Waals surface area contributed by atoms with Crippen LogP contribution in [0.3, 0.4) is 0 Å². The van der Waals surface area contributed by atoms with Gasteiger partial charge in [-0.15, -0.1) is 0 Å². The van der Waals surface area contributed by atoms with Gasteiger partial charge in [-0.1, -0.05) is 28.9 Å². The Morgan fingerprint density at radius 2 is 2.11 bits per heavy atom. The molecule has 0 spiro atoms. The van der Waals surface area contributed by atoms with Crippen LogP contribution in [0.5, 0.6) is 5.75 Å². The number of hydrogen-bond acceptors (Lipinski definition) is 5. The largest absolute Gasteiger partial charge is 0.495 e. The van der Waals surface area contributed by atoms with Gasteiger partial charge in [0.25, 0.3) is 5.89 Å². The molecule has 0 aliphatic carbocycles. The first-order chi connectivity index (χ1) is 13.0. The Balaban J connectivity index is 1.59. The number of carbonyl (C=O) groups is 1. The smallest absolute Gasteiger partial charge is 0.257 e. The van der Waals surface area contributed by atoms with Crippen molar-refractivity contribution in [2.75, 3.05) is 18.6 Å². The predicted molar refractivity (Wildman–Crippen MR) is 102 cm³/mol. The highest BCUT2D eigenvalue weighted by molar-refractivity contribution is 6.30. The Kier molecular flexibility index (Phi) is 4.58. The van der Waals surface area contributed by atoms with Crippen molar-refractivity contribution in [3.8, 4) is 17.2 Å². The number of aromatic nitrogens is 2. The van der Waals surface area contributed by atoms with Gasteiger partial charge < -0.3 is 14.2 Å². The van der Waals surface area contributed by atoms with Crippen LogP contribution in [0, 0.1) is 6.92 Å². The molecule has 6 nitrogen and oxygen atoms in total. The molecule has 1 aliphatic heterocycles. The third-order valence-corrected chi connectivity index (χ3v) is 4.86. The number of halogens is 1. The molecule has 0 N–H and O–H groups in total. The number of aryl methyl sites for hydroxylation is 1. The van der Waals surface area contributed by atoms with Gasteiger partial charge in [0, 0.05) is 29.5 Å². The molecule has 27 heavy (non-hydrogen) atoms. The molecule has 1 saturated heterocycles. The monoisotopic (exact) mass is 383 g/mol. The van der Waals surface area contributed by atoms with Crippen molar-refractivity contribution in [1.82, 2.24) is 10.1 Å². The van der Waals surface area contributed by atoms with E-state index >= 15 is 0 Å². The minimum Gasteiger partial charge on any atom is -0.495 e. The molecular formula is C20H18ClN3O3. The lowest BCUT2D eigenvalue weighted by atomic mass is 10.1. The zero-order chi connectivity index (χ0) is 19.0. The van der Waals surface area contributed by atoms with Gasteiger partial charge in [0.2, 0.25) is 5.91 Å². The Hall–Kier alpha value is -2.86. The number of benzene rings is 2. The van der Waals surface area contributed by atoms with Crippen LogP contribution in [0.2, 0.25) is 5.02 Å². The first-order valence-electron chi connectivity index (χ1n) is 8.59. The van der Waals surface area contributed by atoms with Gasteiger partial charge in [0.15, 0.2) is 5.82 Å². The summed E-state index contributed by atoms with van der Waals surface area (Å²) < 4.78 is 10.8. The average molecular weight is 384 g/mol. The zero-order valence-electron chi connectivity index (χ0n) is 15.0. The quantitative estimate of drug-likeness (QED) is 0.674. The summed E-state index contributed by atoms with van der Waals surface area (Å²) in [6.07, 6.45) is 0.325. The number of methoxy groups -OCH3 is 1. The van der Waals surface area contributed by atoms with E-state index in [0.29, 0.717) is 35.5 Å². The zero-order valence-corrected chi connectivity index (χ0v) is 15.7. The minimum absolute atomic E-state index is 0.0120. The van der Waals surface area contributed by atoms with Crippen molar-refractivity contribution in [3.63, 3.8) is 0 Å². The van der Waals surface area contributed by atoms with Crippen LogP contribution < -0.4 is 9.64 Å². The molecular weight excluding hydrogens is 366 g/mol. The first-order valence-corrected chi connectivity index (χ1v) is 8.97. The van der Waals surface area contributed by atoms with Crippen molar-refractivity contribution in [2.24, 2.45) is 0 Å². The average Bonchev–Trinajstić information content (AvgIpc) is 3.28. The van der Waals surface area contributed by atoms with E-state index in [9.17, 15) is 4.79 Å². The van der Waals surface area contributed by atoms with E-state index < -0.39 is 0 Å². The molecule has 1 aliphatic rings. The highest BCUT2D eigenvalue weighted by Crippen LogP contribution is 2.36. The maximum Gasteiger partial charge on any atom is 0.257 e. The number of rotatable bonds is 4. The van der Waals surface area contributed by atoms with Gasteiger partial charge in [-0.3, -0.25) is 4.79 Å². The van der Waals surface area contributed by atoms with Gasteiger partial charge in [0.05, 0.1) is 12.8 Å². The minimum atomic E-state index is -0.139. The van der Waals surface area contributed by atoms with Gasteiger partial charge in [-0.05, 0) is 42.8 Å². The fourth-order valence-electron chi connectivity index (χ4n) is 3.26. The second kappa shape index (κ2) is 7.04. The molecule has 1 unspecified atom stereocenters. The van der Waals surface area contributed by atoms with Crippen LogP contribution in [0.4, 0.5) is 5.69 Å². The molecule has 1 fully saturated rings. The van der Waals surface area contributed by atoms with Crippen molar-refractivity contribution in [1.29, 1.82) is 0 Å². The molecule has 138 valence electrons. The van der Waals surface area contributed by atoms with Crippen molar-refractivity contribution in [2.45, 2.75) is 19.3 Å². The van der Waals surface area contributed by atoms with E-state index in [1.807, 2.05) is 37.3 Å². The van der Waals surface area contributed by atoms with Gasteiger partial charge >= 0.3 is 0 Å². The van der Waals surface area contributed by atoms with Crippen LogP contribution in [0.15, 0.2) is 47.0 Å². The Morgan fingerprint density at radius 3 is 2.89 bits per heavy atom. The fourth-order valence-corrected chi connectivity index (χ4v) is 3.45. The van der Waals surface area contributed by atoms with Crippen LogP contribution in [0.25, 0.3) is 11.5 Å². The number of anilines is 1. The molecule has 1 aromatic heterocycles. The van der Waals surface area contributed by atoms with Crippen molar-refractivity contribution < 1.29 is 14.1 Å². The van der Waals surface area contributed by atoms with Gasteiger partial charge in [0.1, 0.15) is 5.75 Å². The highest BCUT2D eigenvalue weighted by Gasteiger charge is 2.35. The number of carbonyl (C=O) groups excluding carboxylic acids is 1. The van der Waals surface area contributed by atoms with E-state index in [2.05, 4.69) is 10.1 Å². The summed E-state index contributed by atoms with van der Waals surface area (Å²) in [5.74, 6) is 1.46. The lowest BCUT2D eigenvalue weighted by Gasteiger charge is -2.19. The predicted octanol–water partition coefficient (Wildman–Crippen LogP) is 4.23. The van der Waals surface area contributed by atoms with E-state index in [4.69, 9.17) is 20.9 Å². The molecule has 7 heteroatoms. The SMILES string of the molecule is COc1ccc(C)cc1N1CC(c2noc(-c3cccc(Cl)c3)n2)CC1=O. The first kappa shape index (κ1) is 17.5. The van der Waals surface area contributed by atoms with Crippen LogP contribution in [0.1, 0.15) is 23.7 Å². The molecule has 0 radical (unpaired) electrons. The molecule has 1 atom stereocenters. The summed E-state index contributed by atoms with van der Waals surface area (Å²) in [6.45, 7) is 2.46. The van der Waals surface area contributed by atoms with Crippen molar-refractivity contribution in [3.05, 3.63) is 58.9 Å². The lowest BCUT2D eigenvalue weighted by Crippen LogP contribution is -2.25. The van der Waals surface area contributed by atoms with Crippen molar-refractivity contribution >= 4 is 23.2 Å². The summed E-state index contributed by atoms with van der Waals surface area (Å²) in [7, 11) is 1.60. The second-order valence-electron chi connectivity index (χ2n) is 6.55. The summed E-state index contributed by atoms with van der Waals surface area (Å²) in [5.41, 5.74) is 2.58. The summed E-state index contributed by atoms with van der Waals surface area (Å²) in [4.78, 5) is 18.8. The molecule has 2 aromatic carbocycles. The number of amides is 1. The second-order valence-corrected chi connectivity index (χ2v) is 6.99. The van der Waals surface area contributed by atoms with E-state index in [1.54, 1.807) is 24.1 Å². The highest BCUT2D eigenvalue weighted by atomic mass is 35.5. The normalized spacial score (nSPS) is 16.8. The van der Waals surface area contributed by atoms with E-state index in [-0.39, 0.29) is 11.8 Å². The molecule has 0 saturated carbocycles. The molecule has 2 heterocycles. The van der Waals surface area contributed by atoms with E-state index in [1.165, 1.54) is 0 Å². The Labute approximate surface area is 161 Å². The van der Waals surface area contributed by atoms with Gasteiger partial charge in [-0.25, -0.2) is 0 Å². The fraction of sp³-hybridized carbons (Fsp3) is 0.250. The molecule has 3 aromatic rings. The van der Waals surface area contributed by atoms with Gasteiger partial charge in [-0.2, -0.15) is 4.98 Å². The maximum atomic E-state index is 12.6. The topological polar surface area (TPSA) is 68.5 Å². The molecule has 0 bridgehead atoms. The van der Waals surface area contributed by atoms with E-state index in [0.717, 1.165) is 16.8 Å². The van der Waals surface area contributed by atoms with Crippen LogP contribution in [-0.4, -0.2) is 29.7 Å². The third kappa shape index (κ3) is 3.40. The molecule has 1 amide bonds. The number of hydrogen-bond donors (Lipinski definition) is 0. The van der Waals surface area contributed by atoms with Crippen LogP contribution in [-0.2, 0) is 4.79 Å². The molecule has 4 rings (SSSR count). The summed E-state index contributed by atoms with van der Waals surface area (Å²) in [5, 5.41) is 4.69. The summed E-state index contributed by atoms with van der Waals surface area (Å²) in [6, 6.07) is 13.0. The standard InChI is InChI=1S/C20H18ClN3O3/c1-12-6-7-17(26-2)16(8-12)24-11-14(10-18(24)25)19-22-20(27-23-19)13-4-3-5-15(21)9-13/h3-9,14H,10-11H2,1-2H3. The summed E-state index contributed by atoms with van der Waals surface area (Å²) >= 11 is 6.02. The number of ether oxygens (including phenoxy) is 1. The third-order valence-electron chi connectivity index (χ3n) is 4.63. The Morgan fingerprint density at radius 1 is 1.26 bits per heavy atom. The maximum absolute atomic E-state index is 12.6.